The minimum absolute atomic E-state index is 0.105. The van der Waals surface area contributed by atoms with Gasteiger partial charge in [-0.25, -0.2) is 0 Å². The Bertz CT molecular complexity index is 1360. The molecule has 1 amide bonds. The summed E-state index contributed by atoms with van der Waals surface area (Å²) in [4.78, 5) is 25.1. The molecule has 0 saturated heterocycles. The van der Waals surface area contributed by atoms with E-state index in [4.69, 9.17) is 13.9 Å². The van der Waals surface area contributed by atoms with Gasteiger partial charge in [-0.2, -0.15) is 0 Å². The molecule has 0 aliphatic heterocycles. The lowest BCUT2D eigenvalue weighted by Crippen LogP contribution is -2.20. The topological polar surface area (TPSA) is 77.8 Å². The third kappa shape index (κ3) is 5.23. The number of rotatable bonds is 7. The lowest BCUT2D eigenvalue weighted by atomic mass is 10.1. The van der Waals surface area contributed by atoms with Gasteiger partial charge in [-0.1, -0.05) is 36.8 Å². The first-order valence-electron chi connectivity index (χ1n) is 10.7. The summed E-state index contributed by atoms with van der Waals surface area (Å²) in [6, 6.07) is 18.2. The first-order chi connectivity index (χ1) is 15.9. The van der Waals surface area contributed by atoms with Crippen LogP contribution in [-0.4, -0.2) is 12.5 Å². The van der Waals surface area contributed by atoms with E-state index in [0.29, 0.717) is 22.5 Å². The van der Waals surface area contributed by atoms with Crippen LogP contribution in [0.15, 0.2) is 76.1 Å². The Kier molecular flexibility index (Phi) is 6.45. The second-order valence-electron chi connectivity index (χ2n) is 7.84. The van der Waals surface area contributed by atoms with Crippen molar-refractivity contribution in [1.29, 1.82) is 0 Å². The maximum absolute atomic E-state index is 12.8. The Labute approximate surface area is 191 Å². The molecule has 33 heavy (non-hydrogen) atoms. The van der Waals surface area contributed by atoms with Crippen molar-refractivity contribution in [2.45, 2.75) is 27.2 Å². The number of fused-ring (bicyclic) bond motifs is 1. The maximum atomic E-state index is 12.8. The molecule has 1 aromatic heterocycles. The molecule has 0 unspecified atom stereocenters. The number of ether oxygens (including phenoxy) is 2. The van der Waals surface area contributed by atoms with Gasteiger partial charge in [-0.3, -0.25) is 9.59 Å². The highest BCUT2D eigenvalue weighted by atomic mass is 16.5. The predicted molar refractivity (Wildman–Crippen MR) is 128 cm³/mol. The van der Waals surface area contributed by atoms with Crippen LogP contribution in [0, 0.1) is 13.8 Å². The summed E-state index contributed by atoms with van der Waals surface area (Å²) < 4.78 is 16.9. The smallest absolute Gasteiger partial charge is 0.262 e. The highest BCUT2D eigenvalue weighted by Gasteiger charge is 2.12. The van der Waals surface area contributed by atoms with Gasteiger partial charge in [-0.15, -0.1) is 0 Å². The van der Waals surface area contributed by atoms with Crippen LogP contribution in [0.5, 0.6) is 17.2 Å². The summed E-state index contributed by atoms with van der Waals surface area (Å²) in [7, 11) is 0. The quantitative estimate of drug-likeness (QED) is 0.392. The van der Waals surface area contributed by atoms with Crippen LogP contribution in [0.3, 0.4) is 0 Å². The van der Waals surface area contributed by atoms with Crippen molar-refractivity contribution in [3.8, 4) is 17.2 Å². The van der Waals surface area contributed by atoms with Crippen molar-refractivity contribution in [3.63, 3.8) is 0 Å². The molecule has 1 heterocycles. The molecule has 3 aromatic carbocycles. The summed E-state index contributed by atoms with van der Waals surface area (Å²) in [5.74, 6) is 0.813. The number of hydrogen-bond donors (Lipinski definition) is 1. The van der Waals surface area contributed by atoms with Gasteiger partial charge in [0.15, 0.2) is 6.61 Å². The van der Waals surface area contributed by atoms with E-state index < -0.39 is 0 Å². The average molecular weight is 443 g/mol. The van der Waals surface area contributed by atoms with Crippen LogP contribution < -0.4 is 20.2 Å². The third-order valence-corrected chi connectivity index (χ3v) is 5.30. The Morgan fingerprint density at radius 1 is 0.970 bits per heavy atom. The van der Waals surface area contributed by atoms with Crippen LogP contribution >= 0.6 is 0 Å². The fourth-order valence-corrected chi connectivity index (χ4v) is 3.46. The zero-order valence-electron chi connectivity index (χ0n) is 18.8. The standard InChI is InChI=1S/C27H25NO5/c1-4-19-6-8-20(9-7-19)33-25-15-32-24-14-21(10-11-22(24)27(25)30)31-16-26(29)28-23-12-5-17(2)13-18(23)3/h5-15H,4,16H2,1-3H3,(H,28,29). The average Bonchev–Trinajstić information content (AvgIpc) is 2.82. The number of carbonyl (C=O) groups excluding carboxylic acids is 1. The molecule has 0 aliphatic rings. The zero-order valence-corrected chi connectivity index (χ0v) is 18.8. The molecule has 0 saturated carbocycles. The Hall–Kier alpha value is -4.06. The van der Waals surface area contributed by atoms with Crippen molar-refractivity contribution < 1.29 is 18.7 Å². The number of amides is 1. The van der Waals surface area contributed by atoms with Gasteiger partial charge in [0.1, 0.15) is 23.3 Å². The van der Waals surface area contributed by atoms with Gasteiger partial charge in [0.25, 0.3) is 5.91 Å². The second kappa shape index (κ2) is 9.61. The number of anilines is 1. The molecule has 0 spiro atoms. The normalized spacial score (nSPS) is 10.8. The van der Waals surface area contributed by atoms with Crippen molar-refractivity contribution in [3.05, 3.63) is 93.8 Å². The lowest BCUT2D eigenvalue weighted by molar-refractivity contribution is -0.118. The second-order valence-corrected chi connectivity index (χ2v) is 7.84. The summed E-state index contributed by atoms with van der Waals surface area (Å²) in [5, 5.41) is 3.20. The number of hydrogen-bond acceptors (Lipinski definition) is 5. The van der Waals surface area contributed by atoms with E-state index in [1.165, 1.54) is 11.8 Å². The van der Waals surface area contributed by atoms with E-state index in [0.717, 1.165) is 23.2 Å². The van der Waals surface area contributed by atoms with Gasteiger partial charge in [-0.05, 0) is 61.7 Å². The summed E-state index contributed by atoms with van der Waals surface area (Å²) in [6.07, 6.45) is 2.21. The fraction of sp³-hybridized carbons (Fsp3) is 0.185. The van der Waals surface area contributed by atoms with E-state index in [9.17, 15) is 9.59 Å². The van der Waals surface area contributed by atoms with Crippen LogP contribution in [-0.2, 0) is 11.2 Å². The zero-order chi connectivity index (χ0) is 23.4. The van der Waals surface area contributed by atoms with Gasteiger partial charge in [0, 0.05) is 11.8 Å². The molecule has 0 atom stereocenters. The molecule has 0 radical (unpaired) electrons. The first kappa shape index (κ1) is 22.1. The molecule has 6 heteroatoms. The number of carbonyl (C=O) groups is 1. The molecule has 168 valence electrons. The highest BCUT2D eigenvalue weighted by Crippen LogP contribution is 2.24. The van der Waals surface area contributed by atoms with Crippen molar-refractivity contribution in [2.24, 2.45) is 0 Å². The van der Waals surface area contributed by atoms with Crippen LogP contribution in [0.4, 0.5) is 5.69 Å². The Morgan fingerprint density at radius 3 is 2.45 bits per heavy atom. The van der Waals surface area contributed by atoms with Crippen LogP contribution in [0.1, 0.15) is 23.6 Å². The molecule has 1 N–H and O–H groups in total. The third-order valence-electron chi connectivity index (χ3n) is 5.30. The predicted octanol–water partition coefficient (Wildman–Crippen LogP) is 5.78. The fourth-order valence-electron chi connectivity index (χ4n) is 3.46. The van der Waals surface area contributed by atoms with Crippen LogP contribution in [0.2, 0.25) is 0 Å². The minimum Gasteiger partial charge on any atom is -0.484 e. The molecule has 0 aliphatic carbocycles. The lowest BCUT2D eigenvalue weighted by Gasteiger charge is -2.11. The first-order valence-corrected chi connectivity index (χ1v) is 10.7. The summed E-state index contributed by atoms with van der Waals surface area (Å²) in [6.45, 7) is 5.84. The Morgan fingerprint density at radius 2 is 1.73 bits per heavy atom. The SMILES string of the molecule is CCc1ccc(Oc2coc3cc(OCC(=O)Nc4ccc(C)cc4C)ccc3c2=O)cc1. The van der Waals surface area contributed by atoms with E-state index in [2.05, 4.69) is 12.2 Å². The number of benzene rings is 3. The van der Waals surface area contributed by atoms with E-state index in [1.54, 1.807) is 18.2 Å². The van der Waals surface area contributed by atoms with Crippen molar-refractivity contribution >= 4 is 22.6 Å². The van der Waals surface area contributed by atoms with Crippen molar-refractivity contribution in [1.82, 2.24) is 0 Å². The largest absolute Gasteiger partial charge is 0.484 e. The molecule has 0 fully saturated rings. The molecular formula is C27H25NO5. The van der Waals surface area contributed by atoms with Gasteiger partial charge in [0.05, 0.1) is 5.39 Å². The molecular weight excluding hydrogens is 418 g/mol. The monoisotopic (exact) mass is 443 g/mol. The molecule has 0 bridgehead atoms. The minimum atomic E-state index is -0.282. The maximum Gasteiger partial charge on any atom is 0.262 e. The summed E-state index contributed by atoms with van der Waals surface area (Å²) in [5.41, 5.74) is 4.10. The summed E-state index contributed by atoms with van der Waals surface area (Å²) >= 11 is 0. The molecule has 6 nitrogen and oxygen atoms in total. The van der Waals surface area contributed by atoms with E-state index in [1.807, 2.05) is 56.3 Å². The van der Waals surface area contributed by atoms with Gasteiger partial charge in [0.2, 0.25) is 11.2 Å². The number of nitrogens with one attached hydrogen (secondary N) is 1. The van der Waals surface area contributed by atoms with E-state index in [-0.39, 0.29) is 23.7 Å². The highest BCUT2D eigenvalue weighted by molar-refractivity contribution is 5.92. The molecule has 4 aromatic rings. The van der Waals surface area contributed by atoms with Crippen molar-refractivity contribution in [2.75, 3.05) is 11.9 Å². The Balaban J connectivity index is 1.44. The van der Waals surface area contributed by atoms with Gasteiger partial charge >= 0.3 is 0 Å². The van der Waals surface area contributed by atoms with E-state index >= 15 is 0 Å². The van der Waals surface area contributed by atoms with Gasteiger partial charge < -0.3 is 19.2 Å². The van der Waals surface area contributed by atoms with Crippen LogP contribution in [0.25, 0.3) is 11.0 Å². The molecule has 4 rings (SSSR count). The number of aryl methyl sites for hydroxylation is 3.